The lowest BCUT2D eigenvalue weighted by Gasteiger charge is -2.00. The van der Waals surface area contributed by atoms with Gasteiger partial charge >= 0.3 is 5.97 Å². The Morgan fingerprint density at radius 2 is 2.29 bits per heavy atom. The molecule has 0 heterocycles. The lowest BCUT2D eigenvalue weighted by atomic mass is 10.1. The van der Waals surface area contributed by atoms with Gasteiger partial charge in [0.15, 0.2) is 0 Å². The molecule has 1 aromatic carbocycles. The highest BCUT2D eigenvalue weighted by Gasteiger charge is 2.44. The monoisotopic (exact) mass is 258 g/mol. The van der Waals surface area contributed by atoms with Crippen LogP contribution in [0.1, 0.15) is 17.9 Å². The lowest BCUT2D eigenvalue weighted by Crippen LogP contribution is -1.99. The van der Waals surface area contributed by atoms with Gasteiger partial charge in [0.1, 0.15) is 5.82 Å². The molecule has 1 aromatic rings. The summed E-state index contributed by atoms with van der Waals surface area (Å²) in [5.41, 5.74) is 0.776. The number of aliphatic carboxylic acids is 1. The number of carboxylic acid groups (broad SMARTS) is 1. The van der Waals surface area contributed by atoms with E-state index < -0.39 is 5.97 Å². The molecule has 0 spiro atoms. The first kappa shape index (κ1) is 9.65. The maximum Gasteiger partial charge on any atom is 0.307 e. The first-order chi connectivity index (χ1) is 6.59. The third-order valence-corrected chi connectivity index (χ3v) is 3.12. The largest absolute Gasteiger partial charge is 0.481 e. The summed E-state index contributed by atoms with van der Waals surface area (Å²) in [4.78, 5) is 10.6. The van der Waals surface area contributed by atoms with Crippen LogP contribution in [0.5, 0.6) is 0 Å². The van der Waals surface area contributed by atoms with E-state index in [1.165, 1.54) is 6.07 Å². The molecule has 4 heteroatoms. The number of benzene rings is 1. The summed E-state index contributed by atoms with van der Waals surface area (Å²) in [6, 6.07) is 4.78. The van der Waals surface area contributed by atoms with Crippen LogP contribution in [-0.4, -0.2) is 11.1 Å². The van der Waals surface area contributed by atoms with Crippen molar-refractivity contribution in [3.05, 3.63) is 34.1 Å². The van der Waals surface area contributed by atoms with E-state index in [9.17, 15) is 9.18 Å². The van der Waals surface area contributed by atoms with Crippen molar-refractivity contribution in [3.8, 4) is 0 Å². The van der Waals surface area contributed by atoms with Crippen LogP contribution in [0.3, 0.4) is 0 Å². The molecule has 2 nitrogen and oxygen atoms in total. The summed E-state index contributed by atoms with van der Waals surface area (Å²) in [5.74, 6) is -1.46. The molecule has 0 bridgehead atoms. The topological polar surface area (TPSA) is 37.3 Å². The standard InChI is InChI=1S/C10H8BrFO2/c11-8-2-1-5(3-9(8)12)6-4-7(6)10(13)14/h1-3,6-7H,4H2,(H,13,14). The van der Waals surface area contributed by atoms with Gasteiger partial charge in [-0.3, -0.25) is 4.79 Å². The summed E-state index contributed by atoms with van der Waals surface area (Å²) >= 11 is 3.05. The predicted molar refractivity (Wildman–Crippen MR) is 52.6 cm³/mol. The molecular formula is C10H8BrFO2. The second kappa shape index (κ2) is 3.35. The third kappa shape index (κ3) is 1.66. The molecule has 1 saturated carbocycles. The SMILES string of the molecule is O=C(O)C1CC1c1ccc(Br)c(F)c1. The van der Waals surface area contributed by atoms with Gasteiger partial charge in [-0.2, -0.15) is 0 Å². The maximum atomic E-state index is 13.1. The van der Waals surface area contributed by atoms with E-state index in [1.54, 1.807) is 12.1 Å². The van der Waals surface area contributed by atoms with Gasteiger partial charge in [-0.1, -0.05) is 6.07 Å². The Morgan fingerprint density at radius 3 is 2.79 bits per heavy atom. The number of hydrogen-bond donors (Lipinski definition) is 1. The highest BCUT2D eigenvalue weighted by atomic mass is 79.9. The fourth-order valence-corrected chi connectivity index (χ4v) is 1.83. The molecule has 1 fully saturated rings. The maximum absolute atomic E-state index is 13.1. The molecule has 74 valence electrons. The van der Waals surface area contributed by atoms with Crippen LogP contribution in [0.2, 0.25) is 0 Å². The van der Waals surface area contributed by atoms with Gasteiger partial charge in [0.2, 0.25) is 0 Å². The Morgan fingerprint density at radius 1 is 1.57 bits per heavy atom. The Bertz CT molecular complexity index is 392. The number of rotatable bonds is 2. The van der Waals surface area contributed by atoms with Gasteiger partial charge in [-0.05, 0) is 46.0 Å². The Labute approximate surface area is 88.9 Å². The zero-order valence-corrected chi connectivity index (χ0v) is 8.79. The molecule has 1 aliphatic carbocycles. The minimum atomic E-state index is -0.793. The van der Waals surface area contributed by atoms with Gasteiger partial charge in [0.05, 0.1) is 10.4 Å². The second-order valence-corrected chi connectivity index (χ2v) is 4.31. The van der Waals surface area contributed by atoms with Crippen LogP contribution in [-0.2, 0) is 4.79 Å². The molecule has 0 radical (unpaired) electrons. The number of carbonyl (C=O) groups is 1. The summed E-state index contributed by atoms with van der Waals surface area (Å²) in [6.07, 6.45) is 0.621. The Kier molecular flexibility index (Phi) is 2.31. The second-order valence-electron chi connectivity index (χ2n) is 3.46. The van der Waals surface area contributed by atoms with Crippen LogP contribution in [0.25, 0.3) is 0 Å². The van der Waals surface area contributed by atoms with Gasteiger partial charge < -0.3 is 5.11 Å². The first-order valence-corrected chi connectivity index (χ1v) is 5.06. The Balaban J connectivity index is 2.20. The minimum absolute atomic E-state index is 0.00454. The fraction of sp³-hybridized carbons (Fsp3) is 0.300. The van der Waals surface area contributed by atoms with Crippen molar-refractivity contribution in [2.75, 3.05) is 0 Å². The molecule has 0 amide bonds. The van der Waals surface area contributed by atoms with Gasteiger partial charge in [0.25, 0.3) is 0 Å². The van der Waals surface area contributed by atoms with Gasteiger partial charge in [-0.15, -0.1) is 0 Å². The summed E-state index contributed by atoms with van der Waals surface area (Å²) in [5, 5.41) is 8.71. The van der Waals surface area contributed by atoms with Crippen molar-refractivity contribution in [3.63, 3.8) is 0 Å². The van der Waals surface area contributed by atoms with E-state index in [1.807, 2.05) is 0 Å². The Hall–Kier alpha value is -0.900. The zero-order valence-electron chi connectivity index (χ0n) is 7.21. The van der Waals surface area contributed by atoms with Gasteiger partial charge in [0, 0.05) is 0 Å². The number of halogens is 2. The zero-order chi connectivity index (χ0) is 10.3. The van der Waals surface area contributed by atoms with Crippen molar-refractivity contribution in [2.45, 2.75) is 12.3 Å². The van der Waals surface area contributed by atoms with Gasteiger partial charge in [-0.25, -0.2) is 4.39 Å². The molecule has 1 N–H and O–H groups in total. The number of hydrogen-bond acceptors (Lipinski definition) is 1. The van der Waals surface area contributed by atoms with Crippen molar-refractivity contribution in [1.29, 1.82) is 0 Å². The van der Waals surface area contributed by atoms with E-state index in [4.69, 9.17) is 5.11 Å². The minimum Gasteiger partial charge on any atom is -0.481 e. The average molecular weight is 259 g/mol. The molecule has 0 aromatic heterocycles. The normalized spacial score (nSPS) is 24.7. The molecule has 14 heavy (non-hydrogen) atoms. The predicted octanol–water partition coefficient (Wildman–Crippen LogP) is 2.78. The lowest BCUT2D eigenvalue weighted by molar-refractivity contribution is -0.138. The first-order valence-electron chi connectivity index (χ1n) is 4.27. The summed E-state index contributed by atoms with van der Waals surface area (Å²) < 4.78 is 13.5. The summed E-state index contributed by atoms with van der Waals surface area (Å²) in [7, 11) is 0. The van der Waals surface area contributed by atoms with E-state index in [0.29, 0.717) is 10.9 Å². The van der Waals surface area contributed by atoms with Crippen LogP contribution in [0, 0.1) is 11.7 Å². The van der Waals surface area contributed by atoms with Crippen molar-refractivity contribution >= 4 is 21.9 Å². The molecule has 2 atom stereocenters. The highest BCUT2D eigenvalue weighted by Crippen LogP contribution is 2.47. The smallest absolute Gasteiger partial charge is 0.307 e. The summed E-state index contributed by atoms with van der Waals surface area (Å²) in [6.45, 7) is 0. The average Bonchev–Trinajstić information content (AvgIpc) is 2.89. The van der Waals surface area contributed by atoms with E-state index in [2.05, 4.69) is 15.9 Å². The molecule has 2 unspecified atom stereocenters. The van der Waals surface area contributed by atoms with E-state index in [-0.39, 0.29) is 17.7 Å². The van der Waals surface area contributed by atoms with Crippen LogP contribution in [0.15, 0.2) is 22.7 Å². The van der Waals surface area contributed by atoms with E-state index >= 15 is 0 Å². The van der Waals surface area contributed by atoms with Crippen molar-refractivity contribution in [2.24, 2.45) is 5.92 Å². The van der Waals surface area contributed by atoms with Crippen molar-refractivity contribution < 1.29 is 14.3 Å². The molecular weight excluding hydrogens is 251 g/mol. The van der Waals surface area contributed by atoms with E-state index in [0.717, 1.165) is 5.56 Å². The third-order valence-electron chi connectivity index (χ3n) is 2.48. The highest BCUT2D eigenvalue weighted by molar-refractivity contribution is 9.10. The quantitative estimate of drug-likeness (QED) is 0.886. The van der Waals surface area contributed by atoms with Crippen LogP contribution >= 0.6 is 15.9 Å². The van der Waals surface area contributed by atoms with Crippen LogP contribution in [0.4, 0.5) is 4.39 Å². The van der Waals surface area contributed by atoms with Crippen molar-refractivity contribution in [1.82, 2.24) is 0 Å². The number of carboxylic acids is 1. The molecule has 1 aliphatic rings. The van der Waals surface area contributed by atoms with Crippen LogP contribution < -0.4 is 0 Å². The molecule has 0 aliphatic heterocycles. The fourth-order valence-electron chi connectivity index (χ4n) is 1.58. The molecule has 2 rings (SSSR count). The molecule has 0 saturated heterocycles.